The van der Waals surface area contributed by atoms with Crippen molar-refractivity contribution in [1.29, 1.82) is 0 Å². The van der Waals surface area contributed by atoms with E-state index in [4.69, 9.17) is 4.74 Å². The Morgan fingerprint density at radius 3 is 2.14 bits per heavy atom. The SMILES string of the molecule is CC(=NNC(=O)OC(C)(C)C)C(n1cccn1)n1cccn1. The van der Waals surface area contributed by atoms with Crippen LogP contribution in [0.3, 0.4) is 0 Å². The summed E-state index contributed by atoms with van der Waals surface area (Å²) in [5, 5.41) is 12.5. The minimum atomic E-state index is -0.605. The Labute approximate surface area is 128 Å². The zero-order chi connectivity index (χ0) is 16.2. The highest BCUT2D eigenvalue weighted by Crippen LogP contribution is 2.10. The van der Waals surface area contributed by atoms with E-state index in [1.807, 2.05) is 12.1 Å². The highest BCUT2D eigenvalue weighted by atomic mass is 16.6. The Hall–Kier alpha value is -2.64. The Morgan fingerprint density at radius 2 is 1.73 bits per heavy atom. The second kappa shape index (κ2) is 6.42. The van der Waals surface area contributed by atoms with Crippen molar-refractivity contribution in [1.82, 2.24) is 25.0 Å². The first kappa shape index (κ1) is 15.7. The van der Waals surface area contributed by atoms with Crippen LogP contribution in [0.1, 0.15) is 33.9 Å². The van der Waals surface area contributed by atoms with Crippen molar-refractivity contribution in [3.63, 3.8) is 0 Å². The van der Waals surface area contributed by atoms with Gasteiger partial charge < -0.3 is 4.74 Å². The minimum Gasteiger partial charge on any atom is -0.443 e. The van der Waals surface area contributed by atoms with Gasteiger partial charge in [0.05, 0.1) is 5.71 Å². The summed E-state index contributed by atoms with van der Waals surface area (Å²) in [6, 6.07) is 3.62. The van der Waals surface area contributed by atoms with Gasteiger partial charge >= 0.3 is 6.09 Å². The van der Waals surface area contributed by atoms with Crippen molar-refractivity contribution >= 4 is 11.8 Å². The van der Waals surface area contributed by atoms with Crippen LogP contribution in [0.15, 0.2) is 42.0 Å². The summed E-state index contributed by atoms with van der Waals surface area (Å²) in [5.74, 6) is 0. The van der Waals surface area contributed by atoms with Crippen LogP contribution in [-0.4, -0.2) is 37.0 Å². The lowest BCUT2D eigenvalue weighted by Crippen LogP contribution is -2.32. The predicted octanol–water partition coefficient (Wildman–Crippen LogP) is 2.03. The molecule has 0 bridgehead atoms. The summed E-state index contributed by atoms with van der Waals surface area (Å²) in [7, 11) is 0. The van der Waals surface area contributed by atoms with Crippen molar-refractivity contribution in [2.45, 2.75) is 39.5 Å². The molecule has 0 saturated heterocycles. The van der Waals surface area contributed by atoms with Crippen LogP contribution in [0.4, 0.5) is 4.79 Å². The zero-order valence-electron chi connectivity index (χ0n) is 13.1. The van der Waals surface area contributed by atoms with Gasteiger partial charge in [-0.3, -0.25) is 0 Å². The first-order valence-electron chi connectivity index (χ1n) is 6.88. The smallest absolute Gasteiger partial charge is 0.428 e. The Balaban J connectivity index is 2.15. The molecule has 1 amide bonds. The van der Waals surface area contributed by atoms with Crippen molar-refractivity contribution in [3.8, 4) is 0 Å². The van der Waals surface area contributed by atoms with E-state index >= 15 is 0 Å². The molecule has 0 spiro atoms. The van der Waals surface area contributed by atoms with Gasteiger partial charge in [-0.05, 0) is 39.8 Å². The molecule has 1 N–H and O–H groups in total. The van der Waals surface area contributed by atoms with Crippen LogP contribution in [0.25, 0.3) is 0 Å². The highest BCUT2D eigenvalue weighted by Gasteiger charge is 2.19. The number of nitrogens with one attached hydrogen (secondary N) is 1. The lowest BCUT2D eigenvalue weighted by atomic mass is 10.2. The van der Waals surface area contributed by atoms with Gasteiger partial charge in [-0.1, -0.05) is 0 Å². The summed E-state index contributed by atoms with van der Waals surface area (Å²) in [6.45, 7) is 7.16. The molecule has 0 aliphatic rings. The van der Waals surface area contributed by atoms with Gasteiger partial charge in [0, 0.05) is 24.8 Å². The van der Waals surface area contributed by atoms with E-state index in [9.17, 15) is 4.79 Å². The number of amides is 1. The molecule has 8 heteroatoms. The van der Waals surface area contributed by atoms with Gasteiger partial charge in [0.2, 0.25) is 0 Å². The fourth-order valence-corrected chi connectivity index (χ4v) is 1.85. The second-order valence-electron chi connectivity index (χ2n) is 5.71. The summed E-state index contributed by atoms with van der Waals surface area (Å²) < 4.78 is 8.54. The quantitative estimate of drug-likeness (QED) is 0.691. The monoisotopic (exact) mass is 304 g/mol. The largest absolute Gasteiger partial charge is 0.443 e. The van der Waals surface area contributed by atoms with Gasteiger partial charge in [0.15, 0.2) is 6.17 Å². The van der Waals surface area contributed by atoms with Crippen LogP contribution in [-0.2, 0) is 4.74 Å². The van der Waals surface area contributed by atoms with Crippen molar-refractivity contribution in [3.05, 3.63) is 36.9 Å². The van der Waals surface area contributed by atoms with E-state index in [1.54, 1.807) is 61.8 Å². The van der Waals surface area contributed by atoms with E-state index < -0.39 is 11.7 Å². The number of hydrogen-bond acceptors (Lipinski definition) is 5. The van der Waals surface area contributed by atoms with Gasteiger partial charge in [-0.25, -0.2) is 19.6 Å². The topological polar surface area (TPSA) is 86.3 Å². The van der Waals surface area contributed by atoms with E-state index in [0.29, 0.717) is 5.71 Å². The molecule has 8 nitrogen and oxygen atoms in total. The summed E-state index contributed by atoms with van der Waals surface area (Å²) in [4.78, 5) is 11.7. The molecule has 2 rings (SSSR count). The summed E-state index contributed by atoms with van der Waals surface area (Å²) in [6.07, 6.45) is 5.99. The molecule has 22 heavy (non-hydrogen) atoms. The first-order valence-corrected chi connectivity index (χ1v) is 6.88. The molecular formula is C14H20N6O2. The molecule has 0 aromatic carbocycles. The van der Waals surface area contributed by atoms with Gasteiger partial charge in [0.25, 0.3) is 0 Å². The maximum atomic E-state index is 11.7. The number of aromatic nitrogens is 4. The zero-order valence-corrected chi connectivity index (χ0v) is 13.1. The molecule has 2 heterocycles. The van der Waals surface area contributed by atoms with Gasteiger partial charge in [-0.2, -0.15) is 15.3 Å². The maximum Gasteiger partial charge on any atom is 0.428 e. The Bertz CT molecular complexity index is 591. The summed E-state index contributed by atoms with van der Waals surface area (Å²) >= 11 is 0. The molecule has 2 aromatic rings. The van der Waals surface area contributed by atoms with E-state index in [1.165, 1.54) is 0 Å². The number of carbonyl (C=O) groups is 1. The second-order valence-corrected chi connectivity index (χ2v) is 5.71. The molecule has 0 unspecified atom stereocenters. The third-order valence-electron chi connectivity index (χ3n) is 2.65. The number of ether oxygens (including phenoxy) is 1. The normalized spacial score (nSPS) is 12.5. The summed E-state index contributed by atoms with van der Waals surface area (Å²) in [5.41, 5.74) is 2.42. The van der Waals surface area contributed by atoms with Crippen LogP contribution in [0.2, 0.25) is 0 Å². The molecule has 0 atom stereocenters. The molecule has 2 aromatic heterocycles. The number of hydrazone groups is 1. The first-order chi connectivity index (χ1) is 10.4. The van der Waals surface area contributed by atoms with Crippen LogP contribution < -0.4 is 5.43 Å². The van der Waals surface area contributed by atoms with E-state index in [0.717, 1.165) is 0 Å². The van der Waals surface area contributed by atoms with Crippen LogP contribution >= 0.6 is 0 Å². The predicted molar refractivity (Wildman–Crippen MR) is 81.4 cm³/mol. The number of nitrogens with zero attached hydrogens (tertiary/aromatic N) is 5. The third-order valence-corrected chi connectivity index (χ3v) is 2.65. The lowest BCUT2D eigenvalue weighted by Gasteiger charge is -2.20. The average molecular weight is 304 g/mol. The fraction of sp³-hybridized carbons (Fsp3) is 0.429. The molecule has 118 valence electrons. The Morgan fingerprint density at radius 1 is 1.18 bits per heavy atom. The molecule has 0 aliphatic heterocycles. The molecule has 0 aliphatic carbocycles. The van der Waals surface area contributed by atoms with E-state index in [-0.39, 0.29) is 6.17 Å². The average Bonchev–Trinajstić information content (AvgIpc) is 3.08. The standard InChI is InChI=1S/C14H20N6O2/c1-11(17-18-13(21)22-14(2,3)4)12(19-9-5-7-15-19)20-10-6-8-16-20/h5-10,12H,1-4H3,(H,18,21). The maximum absolute atomic E-state index is 11.7. The van der Waals surface area contributed by atoms with Crippen LogP contribution in [0, 0.1) is 0 Å². The van der Waals surface area contributed by atoms with Crippen molar-refractivity contribution in [2.75, 3.05) is 0 Å². The fourth-order valence-electron chi connectivity index (χ4n) is 1.85. The van der Waals surface area contributed by atoms with E-state index in [2.05, 4.69) is 20.7 Å². The Kier molecular flexibility index (Phi) is 4.59. The number of hydrogen-bond donors (Lipinski definition) is 1. The lowest BCUT2D eigenvalue weighted by molar-refractivity contribution is 0.0528. The highest BCUT2D eigenvalue weighted by molar-refractivity contribution is 5.86. The molecule has 0 radical (unpaired) electrons. The molecular weight excluding hydrogens is 284 g/mol. The number of carbonyl (C=O) groups excluding carboxylic acids is 1. The van der Waals surface area contributed by atoms with Gasteiger partial charge in [-0.15, -0.1) is 0 Å². The van der Waals surface area contributed by atoms with Crippen LogP contribution in [0.5, 0.6) is 0 Å². The van der Waals surface area contributed by atoms with Crippen molar-refractivity contribution in [2.24, 2.45) is 5.10 Å². The van der Waals surface area contributed by atoms with Crippen molar-refractivity contribution < 1.29 is 9.53 Å². The third kappa shape index (κ3) is 4.18. The minimum absolute atomic E-state index is 0.361. The van der Waals surface area contributed by atoms with Gasteiger partial charge in [0.1, 0.15) is 5.60 Å². The molecule has 0 saturated carbocycles. The molecule has 0 fully saturated rings. The number of rotatable bonds is 4.